The summed E-state index contributed by atoms with van der Waals surface area (Å²) in [5.41, 5.74) is 2.97. The quantitative estimate of drug-likeness (QED) is 0.880. The summed E-state index contributed by atoms with van der Waals surface area (Å²) in [5.74, 6) is 0. The topological polar surface area (TPSA) is 44.4 Å². The molecule has 1 fully saturated rings. The van der Waals surface area contributed by atoms with Crippen molar-refractivity contribution in [2.75, 3.05) is 23.3 Å². The van der Waals surface area contributed by atoms with Crippen molar-refractivity contribution in [3.63, 3.8) is 0 Å². The summed E-state index contributed by atoms with van der Waals surface area (Å²) in [6.07, 6.45) is 2.51. The van der Waals surface area contributed by atoms with E-state index in [1.54, 1.807) is 0 Å². The van der Waals surface area contributed by atoms with Crippen molar-refractivity contribution in [2.45, 2.75) is 19.4 Å². The molecule has 3 rings (SSSR count). The van der Waals surface area contributed by atoms with Gasteiger partial charge in [0, 0.05) is 36.0 Å². The van der Waals surface area contributed by atoms with Gasteiger partial charge in [0.05, 0.1) is 0 Å². The van der Waals surface area contributed by atoms with Gasteiger partial charge in [-0.05, 0) is 54.8 Å². The maximum Gasteiger partial charge on any atom is 0.319 e. The predicted octanol–water partition coefficient (Wildman–Crippen LogP) is 4.26. The van der Waals surface area contributed by atoms with Crippen molar-refractivity contribution in [3.05, 3.63) is 59.1 Å². The number of nitrogens with one attached hydrogen (secondary N) is 2. The minimum Gasteiger partial charge on any atom is -0.372 e. The monoisotopic (exact) mass is 329 g/mol. The molecule has 0 atom stereocenters. The van der Waals surface area contributed by atoms with E-state index in [0.29, 0.717) is 11.6 Å². The molecule has 0 radical (unpaired) electrons. The van der Waals surface area contributed by atoms with Gasteiger partial charge >= 0.3 is 6.03 Å². The number of hydrogen-bond acceptors (Lipinski definition) is 2. The van der Waals surface area contributed by atoms with Crippen LogP contribution in [0, 0.1) is 0 Å². The molecule has 1 saturated heterocycles. The van der Waals surface area contributed by atoms with Crippen LogP contribution in [0.5, 0.6) is 0 Å². The highest BCUT2D eigenvalue weighted by Crippen LogP contribution is 2.22. The van der Waals surface area contributed by atoms with E-state index in [9.17, 15) is 4.79 Å². The Labute approximate surface area is 141 Å². The molecular weight excluding hydrogens is 310 g/mol. The molecule has 23 heavy (non-hydrogen) atoms. The number of anilines is 2. The highest BCUT2D eigenvalue weighted by atomic mass is 35.5. The number of carbonyl (C=O) groups excluding carboxylic acids is 1. The maximum atomic E-state index is 11.9. The summed E-state index contributed by atoms with van der Waals surface area (Å²) in [4.78, 5) is 14.3. The molecule has 1 aliphatic heterocycles. The summed E-state index contributed by atoms with van der Waals surface area (Å²) in [6.45, 7) is 2.68. The first-order valence-electron chi connectivity index (χ1n) is 7.85. The Morgan fingerprint density at radius 2 is 1.83 bits per heavy atom. The van der Waals surface area contributed by atoms with E-state index in [1.165, 1.54) is 18.5 Å². The van der Waals surface area contributed by atoms with Gasteiger partial charge in [-0.1, -0.05) is 23.7 Å². The van der Waals surface area contributed by atoms with Crippen molar-refractivity contribution < 1.29 is 4.79 Å². The summed E-state index contributed by atoms with van der Waals surface area (Å²) in [7, 11) is 0. The van der Waals surface area contributed by atoms with Gasteiger partial charge in [-0.2, -0.15) is 0 Å². The minimum absolute atomic E-state index is 0.223. The summed E-state index contributed by atoms with van der Waals surface area (Å²) >= 11 is 5.93. The molecular formula is C18H20ClN3O. The largest absolute Gasteiger partial charge is 0.372 e. The second-order valence-corrected chi connectivity index (χ2v) is 6.12. The number of amides is 2. The Hall–Kier alpha value is -2.20. The molecule has 0 unspecified atom stereocenters. The second-order valence-electron chi connectivity index (χ2n) is 5.68. The molecule has 5 heteroatoms. The fourth-order valence-electron chi connectivity index (χ4n) is 2.74. The van der Waals surface area contributed by atoms with Crippen LogP contribution in [0.3, 0.4) is 0 Å². The van der Waals surface area contributed by atoms with Crippen LogP contribution in [0.15, 0.2) is 48.5 Å². The molecule has 2 amide bonds. The summed E-state index contributed by atoms with van der Waals surface area (Å²) in [6, 6.07) is 15.2. The number of nitrogens with zero attached hydrogens (tertiary/aromatic N) is 1. The van der Waals surface area contributed by atoms with E-state index in [1.807, 2.05) is 36.4 Å². The molecule has 4 nitrogen and oxygen atoms in total. The normalized spacial score (nSPS) is 13.9. The molecule has 0 aliphatic carbocycles. The molecule has 2 aromatic carbocycles. The molecule has 0 aromatic heterocycles. The van der Waals surface area contributed by atoms with Crippen LogP contribution in [0.25, 0.3) is 0 Å². The third-order valence-electron chi connectivity index (χ3n) is 3.94. The Morgan fingerprint density at radius 1 is 1.09 bits per heavy atom. The van der Waals surface area contributed by atoms with Crippen LogP contribution in [-0.2, 0) is 6.54 Å². The minimum atomic E-state index is -0.223. The number of hydrogen-bond donors (Lipinski definition) is 2. The van der Waals surface area contributed by atoms with Crippen molar-refractivity contribution in [2.24, 2.45) is 0 Å². The number of carbonyl (C=O) groups is 1. The van der Waals surface area contributed by atoms with E-state index < -0.39 is 0 Å². The molecule has 1 heterocycles. The lowest BCUT2D eigenvalue weighted by molar-refractivity contribution is 0.251. The van der Waals surface area contributed by atoms with Crippen molar-refractivity contribution in [3.8, 4) is 0 Å². The van der Waals surface area contributed by atoms with Crippen LogP contribution in [0.4, 0.5) is 16.2 Å². The fourth-order valence-corrected chi connectivity index (χ4v) is 2.95. The molecule has 1 aliphatic rings. The van der Waals surface area contributed by atoms with E-state index in [2.05, 4.69) is 27.7 Å². The average Bonchev–Trinajstić information content (AvgIpc) is 3.08. The first-order valence-corrected chi connectivity index (χ1v) is 8.23. The van der Waals surface area contributed by atoms with Crippen molar-refractivity contribution >= 4 is 29.0 Å². The predicted molar refractivity (Wildman–Crippen MR) is 95.2 cm³/mol. The Bertz CT molecular complexity index is 666. The van der Waals surface area contributed by atoms with Gasteiger partial charge in [-0.25, -0.2) is 4.79 Å². The maximum absolute atomic E-state index is 11.9. The SMILES string of the molecule is O=C(NCc1cccc(Cl)c1)Nc1ccc(N2CCCC2)cc1. The Balaban J connectivity index is 1.51. The van der Waals surface area contributed by atoms with Gasteiger partial charge in [0.1, 0.15) is 0 Å². The zero-order valence-corrected chi connectivity index (χ0v) is 13.6. The molecule has 0 spiro atoms. The van der Waals surface area contributed by atoms with Gasteiger partial charge in [0.2, 0.25) is 0 Å². The molecule has 2 N–H and O–H groups in total. The van der Waals surface area contributed by atoms with Crippen LogP contribution < -0.4 is 15.5 Å². The summed E-state index contributed by atoms with van der Waals surface area (Å²) < 4.78 is 0. The molecule has 0 bridgehead atoms. The molecule has 120 valence electrons. The standard InChI is InChI=1S/C18H20ClN3O/c19-15-5-3-4-14(12-15)13-20-18(23)21-16-6-8-17(9-7-16)22-10-1-2-11-22/h3-9,12H,1-2,10-11,13H2,(H2,20,21,23). The van der Waals surface area contributed by atoms with E-state index in [0.717, 1.165) is 24.3 Å². The van der Waals surface area contributed by atoms with E-state index in [-0.39, 0.29) is 6.03 Å². The fraction of sp³-hybridized carbons (Fsp3) is 0.278. The smallest absolute Gasteiger partial charge is 0.319 e. The molecule has 0 saturated carbocycles. The van der Waals surface area contributed by atoms with E-state index >= 15 is 0 Å². The number of benzene rings is 2. The second kappa shape index (κ2) is 7.38. The van der Waals surface area contributed by atoms with Crippen LogP contribution in [-0.4, -0.2) is 19.1 Å². The number of rotatable bonds is 4. The number of urea groups is 1. The third kappa shape index (κ3) is 4.39. The zero-order valence-electron chi connectivity index (χ0n) is 12.9. The average molecular weight is 330 g/mol. The van der Waals surface area contributed by atoms with Crippen molar-refractivity contribution in [1.82, 2.24) is 5.32 Å². The van der Waals surface area contributed by atoms with Crippen LogP contribution in [0.2, 0.25) is 5.02 Å². The van der Waals surface area contributed by atoms with E-state index in [4.69, 9.17) is 11.6 Å². The lowest BCUT2D eigenvalue weighted by Crippen LogP contribution is -2.28. The summed E-state index contributed by atoms with van der Waals surface area (Å²) in [5, 5.41) is 6.34. The van der Waals surface area contributed by atoms with Gasteiger partial charge in [-0.15, -0.1) is 0 Å². The van der Waals surface area contributed by atoms with Crippen LogP contribution in [0.1, 0.15) is 18.4 Å². The third-order valence-corrected chi connectivity index (χ3v) is 4.17. The van der Waals surface area contributed by atoms with Gasteiger partial charge < -0.3 is 15.5 Å². The first-order chi connectivity index (χ1) is 11.2. The Morgan fingerprint density at radius 3 is 2.52 bits per heavy atom. The van der Waals surface area contributed by atoms with Crippen molar-refractivity contribution in [1.29, 1.82) is 0 Å². The highest BCUT2D eigenvalue weighted by Gasteiger charge is 2.12. The van der Waals surface area contributed by atoms with Gasteiger partial charge in [-0.3, -0.25) is 0 Å². The lowest BCUT2D eigenvalue weighted by Gasteiger charge is -2.17. The number of halogens is 1. The van der Waals surface area contributed by atoms with Gasteiger partial charge in [0.15, 0.2) is 0 Å². The highest BCUT2D eigenvalue weighted by molar-refractivity contribution is 6.30. The lowest BCUT2D eigenvalue weighted by atomic mass is 10.2. The molecule has 2 aromatic rings. The van der Waals surface area contributed by atoms with Crippen LogP contribution >= 0.6 is 11.6 Å². The zero-order chi connectivity index (χ0) is 16.1. The first kappa shape index (κ1) is 15.7. The van der Waals surface area contributed by atoms with Gasteiger partial charge in [0.25, 0.3) is 0 Å². The Kier molecular flexibility index (Phi) is 5.03.